The van der Waals surface area contributed by atoms with E-state index in [2.05, 4.69) is 17.9 Å². The van der Waals surface area contributed by atoms with Crippen LogP contribution in [0.3, 0.4) is 0 Å². The van der Waals surface area contributed by atoms with E-state index in [9.17, 15) is 9.59 Å². The molecule has 1 N–H and O–H groups in total. The van der Waals surface area contributed by atoms with E-state index < -0.39 is 6.04 Å². The highest BCUT2D eigenvalue weighted by Crippen LogP contribution is 2.06. The maximum Gasteiger partial charge on any atom is 0.246 e. The molecule has 0 aliphatic heterocycles. The Hall–Kier alpha value is -1.49. The summed E-state index contributed by atoms with van der Waals surface area (Å²) in [5.41, 5.74) is 1.07. The molecular weight excluding hydrogens is 260 g/mol. The lowest BCUT2D eigenvalue weighted by molar-refractivity contribution is -0.135. The van der Waals surface area contributed by atoms with Gasteiger partial charge in [0.2, 0.25) is 11.8 Å². The van der Waals surface area contributed by atoms with Gasteiger partial charge in [0.1, 0.15) is 6.04 Å². The van der Waals surface area contributed by atoms with E-state index in [1.807, 2.05) is 37.3 Å². The van der Waals surface area contributed by atoms with Gasteiger partial charge in [-0.2, -0.15) is 12.6 Å². The molecule has 0 bridgehead atoms. The van der Waals surface area contributed by atoms with Gasteiger partial charge in [-0.3, -0.25) is 9.59 Å². The Labute approximate surface area is 119 Å². The van der Waals surface area contributed by atoms with E-state index in [-0.39, 0.29) is 11.8 Å². The van der Waals surface area contributed by atoms with Crippen molar-refractivity contribution in [2.45, 2.75) is 26.4 Å². The van der Waals surface area contributed by atoms with Crippen LogP contribution in [-0.2, 0) is 16.1 Å². The highest BCUT2D eigenvalue weighted by Gasteiger charge is 2.22. The second-order valence-corrected chi connectivity index (χ2v) is 4.64. The van der Waals surface area contributed by atoms with Crippen molar-refractivity contribution < 1.29 is 9.59 Å². The van der Waals surface area contributed by atoms with Crippen LogP contribution in [0.25, 0.3) is 0 Å². The van der Waals surface area contributed by atoms with Gasteiger partial charge in [-0.15, -0.1) is 0 Å². The molecule has 1 aromatic carbocycles. The van der Waals surface area contributed by atoms with Crippen molar-refractivity contribution in [1.82, 2.24) is 10.2 Å². The highest BCUT2D eigenvalue weighted by molar-refractivity contribution is 7.80. The molecule has 1 aromatic rings. The summed E-state index contributed by atoms with van der Waals surface area (Å²) in [6, 6.07) is 9.21. The number of likely N-dealkylation sites (N-methyl/N-ethyl adjacent to an activating group) is 1. The normalized spacial score (nSPS) is 11.7. The van der Waals surface area contributed by atoms with Crippen molar-refractivity contribution in [3.63, 3.8) is 0 Å². The van der Waals surface area contributed by atoms with Crippen molar-refractivity contribution in [1.29, 1.82) is 0 Å². The fraction of sp³-hybridized carbons (Fsp3) is 0.429. The van der Waals surface area contributed by atoms with Crippen LogP contribution >= 0.6 is 12.6 Å². The quantitative estimate of drug-likeness (QED) is 0.775. The maximum atomic E-state index is 12.3. The average Bonchev–Trinajstić information content (AvgIpc) is 2.42. The van der Waals surface area contributed by atoms with E-state index >= 15 is 0 Å². The fourth-order valence-corrected chi connectivity index (χ4v) is 2.05. The van der Waals surface area contributed by atoms with Gasteiger partial charge in [-0.1, -0.05) is 30.3 Å². The molecule has 1 rings (SSSR count). The number of carbonyl (C=O) groups excluding carboxylic acids is 2. The van der Waals surface area contributed by atoms with Crippen molar-refractivity contribution in [3.8, 4) is 0 Å². The zero-order chi connectivity index (χ0) is 14.3. The number of nitrogens with one attached hydrogen (secondary N) is 1. The smallest absolute Gasteiger partial charge is 0.246 e. The van der Waals surface area contributed by atoms with Gasteiger partial charge in [-0.25, -0.2) is 0 Å². The summed E-state index contributed by atoms with van der Waals surface area (Å²) in [5.74, 6) is -0.0244. The standard InChI is InChI=1S/C14H20N2O2S/c1-3-16(9-12-7-5-4-6-8-12)14(18)13(10-19)15-11(2)17/h4-8,13,19H,3,9-10H2,1-2H3,(H,15,17). The van der Waals surface area contributed by atoms with E-state index in [0.29, 0.717) is 18.8 Å². The summed E-state index contributed by atoms with van der Waals surface area (Å²) < 4.78 is 0. The molecule has 1 atom stereocenters. The Kier molecular flexibility index (Phi) is 6.42. The third-order valence-electron chi connectivity index (χ3n) is 2.77. The second-order valence-electron chi connectivity index (χ2n) is 4.27. The zero-order valence-corrected chi connectivity index (χ0v) is 12.2. The molecule has 5 heteroatoms. The number of nitrogens with zero attached hydrogens (tertiary/aromatic N) is 1. The molecule has 0 aliphatic carbocycles. The molecule has 4 nitrogen and oxygen atoms in total. The summed E-state index contributed by atoms with van der Waals surface area (Å²) in [5, 5.41) is 2.62. The summed E-state index contributed by atoms with van der Waals surface area (Å²) in [6.07, 6.45) is 0. The fourth-order valence-electron chi connectivity index (χ4n) is 1.80. The zero-order valence-electron chi connectivity index (χ0n) is 11.3. The van der Waals surface area contributed by atoms with Crippen LogP contribution in [0.4, 0.5) is 0 Å². The second kappa shape index (κ2) is 7.84. The van der Waals surface area contributed by atoms with Crippen LogP contribution in [0.15, 0.2) is 30.3 Å². The minimum atomic E-state index is -0.565. The first kappa shape index (κ1) is 15.6. The van der Waals surface area contributed by atoms with Crippen LogP contribution in [0, 0.1) is 0 Å². The Balaban J connectivity index is 2.72. The van der Waals surface area contributed by atoms with Gasteiger partial charge >= 0.3 is 0 Å². The first-order chi connectivity index (χ1) is 9.08. The van der Waals surface area contributed by atoms with Crippen molar-refractivity contribution in [3.05, 3.63) is 35.9 Å². The van der Waals surface area contributed by atoms with E-state index in [1.165, 1.54) is 6.92 Å². The topological polar surface area (TPSA) is 49.4 Å². The Morgan fingerprint density at radius 2 is 1.95 bits per heavy atom. The highest BCUT2D eigenvalue weighted by atomic mass is 32.1. The largest absolute Gasteiger partial charge is 0.344 e. The number of benzene rings is 1. The van der Waals surface area contributed by atoms with Crippen molar-refractivity contribution >= 4 is 24.4 Å². The first-order valence-electron chi connectivity index (χ1n) is 6.29. The lowest BCUT2D eigenvalue weighted by Gasteiger charge is -2.26. The number of hydrogen-bond donors (Lipinski definition) is 2. The van der Waals surface area contributed by atoms with E-state index in [4.69, 9.17) is 0 Å². The Morgan fingerprint density at radius 1 is 1.32 bits per heavy atom. The molecule has 0 radical (unpaired) electrons. The van der Waals surface area contributed by atoms with Gasteiger partial charge in [0, 0.05) is 25.8 Å². The molecule has 0 fully saturated rings. The Bertz CT molecular complexity index is 423. The van der Waals surface area contributed by atoms with E-state index in [0.717, 1.165) is 5.56 Å². The number of thiol groups is 1. The van der Waals surface area contributed by atoms with E-state index in [1.54, 1.807) is 4.90 Å². The lowest BCUT2D eigenvalue weighted by Crippen LogP contribution is -2.48. The summed E-state index contributed by atoms with van der Waals surface area (Å²) >= 11 is 4.13. The van der Waals surface area contributed by atoms with Crippen molar-refractivity contribution in [2.24, 2.45) is 0 Å². The van der Waals surface area contributed by atoms with Gasteiger partial charge < -0.3 is 10.2 Å². The molecule has 104 valence electrons. The monoisotopic (exact) mass is 280 g/mol. The maximum absolute atomic E-state index is 12.3. The number of carbonyl (C=O) groups is 2. The Morgan fingerprint density at radius 3 is 2.42 bits per heavy atom. The molecule has 0 saturated carbocycles. The minimum absolute atomic E-state index is 0.100. The molecule has 19 heavy (non-hydrogen) atoms. The average molecular weight is 280 g/mol. The predicted octanol–water partition coefficient (Wildman–Crippen LogP) is 1.47. The summed E-state index contributed by atoms with van der Waals surface area (Å²) in [4.78, 5) is 25.1. The van der Waals surface area contributed by atoms with Gasteiger partial charge in [0.05, 0.1) is 0 Å². The summed E-state index contributed by atoms with van der Waals surface area (Å²) in [6.45, 7) is 4.46. The lowest BCUT2D eigenvalue weighted by atomic mass is 10.2. The minimum Gasteiger partial charge on any atom is -0.344 e. The number of amides is 2. The van der Waals surface area contributed by atoms with Gasteiger partial charge in [0.25, 0.3) is 0 Å². The molecule has 0 heterocycles. The van der Waals surface area contributed by atoms with Crippen LogP contribution in [0.2, 0.25) is 0 Å². The van der Waals surface area contributed by atoms with Crippen LogP contribution in [0.5, 0.6) is 0 Å². The first-order valence-corrected chi connectivity index (χ1v) is 6.92. The molecule has 2 amide bonds. The van der Waals surface area contributed by atoms with Crippen LogP contribution < -0.4 is 5.32 Å². The van der Waals surface area contributed by atoms with Crippen LogP contribution in [-0.4, -0.2) is 35.1 Å². The van der Waals surface area contributed by atoms with Gasteiger partial charge in [-0.05, 0) is 12.5 Å². The van der Waals surface area contributed by atoms with Crippen LogP contribution in [0.1, 0.15) is 19.4 Å². The van der Waals surface area contributed by atoms with Crippen molar-refractivity contribution in [2.75, 3.05) is 12.3 Å². The molecular formula is C14H20N2O2S. The third-order valence-corrected chi connectivity index (χ3v) is 3.13. The number of rotatable bonds is 6. The predicted molar refractivity (Wildman–Crippen MR) is 79.0 cm³/mol. The SMILES string of the molecule is CCN(Cc1ccccc1)C(=O)C(CS)NC(C)=O. The molecule has 0 aliphatic rings. The molecule has 1 unspecified atom stereocenters. The molecule has 0 saturated heterocycles. The number of hydrogen-bond acceptors (Lipinski definition) is 3. The summed E-state index contributed by atoms with van der Waals surface area (Å²) in [7, 11) is 0. The van der Waals surface area contributed by atoms with Gasteiger partial charge in [0.15, 0.2) is 0 Å². The molecule has 0 aromatic heterocycles. The molecule has 0 spiro atoms. The third kappa shape index (κ3) is 4.95.